The number of ether oxygens (including phenoxy) is 5. The number of allylic oxidation sites excluding steroid dienone is 1. The summed E-state index contributed by atoms with van der Waals surface area (Å²) in [6.45, 7) is 3.05. The van der Waals surface area contributed by atoms with Gasteiger partial charge >= 0.3 is 23.9 Å². The number of ketones is 1. The normalized spacial score (nSPS) is 22.2. The van der Waals surface area contributed by atoms with E-state index in [4.69, 9.17) is 23.7 Å². The minimum absolute atomic E-state index is 0.219. The second-order valence-corrected chi connectivity index (χ2v) is 9.01. The van der Waals surface area contributed by atoms with Crippen LogP contribution in [0.4, 0.5) is 0 Å². The monoisotopic (exact) mass is 554 g/mol. The third-order valence-corrected chi connectivity index (χ3v) is 5.87. The Morgan fingerprint density at radius 2 is 1.48 bits per heavy atom. The molecule has 1 aliphatic heterocycles. The van der Waals surface area contributed by atoms with Crippen molar-refractivity contribution in [1.82, 2.24) is 0 Å². The van der Waals surface area contributed by atoms with Gasteiger partial charge in [0.1, 0.15) is 24.6 Å². The standard InChI is InChI=1S/C29H30O11/c1-17(30)36-16-25-27(37-18(2)31)23(15-26(34)35)28(38-19(3)32)29(40-25)39-22-12-10-21(11-13-22)24(33)14-9-20-7-5-4-6-8-20/h4-14,23,25,27-29H,15-16H2,1-3H3,(H,34,35)/b14-9-/t23-,25+,27+,28-,29+/m1/s1. The Morgan fingerprint density at radius 3 is 2.05 bits per heavy atom. The van der Waals surface area contributed by atoms with Gasteiger partial charge in [0.2, 0.25) is 6.29 Å². The first-order chi connectivity index (χ1) is 19.0. The van der Waals surface area contributed by atoms with Gasteiger partial charge < -0.3 is 28.8 Å². The van der Waals surface area contributed by atoms with Crippen LogP contribution in [0.15, 0.2) is 60.7 Å². The predicted molar refractivity (Wildman–Crippen MR) is 139 cm³/mol. The molecule has 11 nitrogen and oxygen atoms in total. The van der Waals surface area contributed by atoms with Crippen LogP contribution in [0.5, 0.6) is 5.75 Å². The molecule has 0 spiro atoms. The SMILES string of the molecule is CC(=O)OC[C@@H]1O[C@H](Oc2ccc(C(=O)/C=C\c3ccccc3)cc2)[C@H](OC(C)=O)[C@H](CC(=O)O)[C@@H]1OC(C)=O. The van der Waals surface area contributed by atoms with Crippen LogP contribution >= 0.6 is 0 Å². The molecule has 40 heavy (non-hydrogen) atoms. The highest BCUT2D eigenvalue weighted by Gasteiger charge is 2.51. The van der Waals surface area contributed by atoms with Crippen LogP contribution in [0.1, 0.15) is 43.1 Å². The number of carboxylic acids is 1. The molecule has 0 amide bonds. The van der Waals surface area contributed by atoms with Crippen LogP contribution in [0.2, 0.25) is 0 Å². The van der Waals surface area contributed by atoms with Crippen molar-refractivity contribution in [2.75, 3.05) is 6.61 Å². The van der Waals surface area contributed by atoms with Gasteiger partial charge in [-0.05, 0) is 35.9 Å². The number of aliphatic carboxylic acids is 1. The van der Waals surface area contributed by atoms with Crippen LogP contribution < -0.4 is 4.74 Å². The topological polar surface area (TPSA) is 152 Å². The average molecular weight is 555 g/mol. The fraction of sp³-hybridized carbons (Fsp3) is 0.345. The van der Waals surface area contributed by atoms with Gasteiger partial charge in [-0.15, -0.1) is 0 Å². The zero-order chi connectivity index (χ0) is 29.2. The predicted octanol–water partition coefficient (Wildman–Crippen LogP) is 3.20. The summed E-state index contributed by atoms with van der Waals surface area (Å²) in [5.74, 6) is -4.50. The van der Waals surface area contributed by atoms with E-state index in [-0.39, 0.29) is 18.1 Å². The molecule has 1 saturated heterocycles. The van der Waals surface area contributed by atoms with E-state index in [1.165, 1.54) is 37.3 Å². The van der Waals surface area contributed by atoms with E-state index in [1.54, 1.807) is 6.08 Å². The Hall–Kier alpha value is -4.51. The van der Waals surface area contributed by atoms with Gasteiger partial charge in [0.25, 0.3) is 0 Å². The minimum atomic E-state index is -1.36. The first-order valence-electron chi connectivity index (χ1n) is 12.4. The van der Waals surface area contributed by atoms with E-state index in [0.29, 0.717) is 5.56 Å². The largest absolute Gasteiger partial charge is 0.481 e. The molecular weight excluding hydrogens is 524 g/mol. The van der Waals surface area contributed by atoms with Crippen LogP contribution in [0.25, 0.3) is 6.08 Å². The quantitative estimate of drug-likeness (QED) is 0.189. The summed E-state index contributed by atoms with van der Waals surface area (Å²) in [4.78, 5) is 59.6. The summed E-state index contributed by atoms with van der Waals surface area (Å²) in [6.07, 6.45) is -2.46. The number of carboxylic acid groups (broad SMARTS) is 1. The van der Waals surface area contributed by atoms with Gasteiger partial charge in [-0.2, -0.15) is 0 Å². The highest BCUT2D eigenvalue weighted by molar-refractivity contribution is 6.06. The molecule has 1 N–H and O–H groups in total. The number of benzene rings is 2. The molecule has 5 atom stereocenters. The van der Waals surface area contributed by atoms with Crippen molar-refractivity contribution in [3.63, 3.8) is 0 Å². The molecule has 11 heteroatoms. The van der Waals surface area contributed by atoms with Gasteiger partial charge in [-0.25, -0.2) is 0 Å². The lowest BCUT2D eigenvalue weighted by molar-refractivity contribution is -0.274. The van der Waals surface area contributed by atoms with E-state index in [1.807, 2.05) is 30.3 Å². The zero-order valence-electron chi connectivity index (χ0n) is 22.2. The lowest BCUT2D eigenvalue weighted by Gasteiger charge is -2.44. The first kappa shape index (κ1) is 30.0. The first-order valence-corrected chi connectivity index (χ1v) is 12.4. The Labute approximate surface area is 230 Å². The van der Waals surface area contributed by atoms with Crippen LogP contribution in [-0.2, 0) is 38.1 Å². The molecule has 1 heterocycles. The molecule has 0 saturated carbocycles. The lowest BCUT2D eigenvalue weighted by Crippen LogP contribution is -2.60. The number of esters is 3. The molecule has 0 aromatic heterocycles. The lowest BCUT2D eigenvalue weighted by atomic mass is 9.86. The van der Waals surface area contributed by atoms with E-state index in [0.717, 1.165) is 19.4 Å². The van der Waals surface area contributed by atoms with Gasteiger partial charge in [-0.3, -0.25) is 24.0 Å². The smallest absolute Gasteiger partial charge is 0.303 e. The van der Waals surface area contributed by atoms with Crippen molar-refractivity contribution in [3.8, 4) is 5.75 Å². The van der Waals surface area contributed by atoms with Crippen molar-refractivity contribution >= 4 is 35.7 Å². The molecule has 0 bridgehead atoms. The summed E-state index contributed by atoms with van der Waals surface area (Å²) in [5.41, 5.74) is 1.25. The summed E-state index contributed by atoms with van der Waals surface area (Å²) < 4.78 is 27.6. The average Bonchev–Trinajstić information content (AvgIpc) is 2.89. The highest BCUT2D eigenvalue weighted by Crippen LogP contribution is 2.35. The van der Waals surface area contributed by atoms with E-state index < -0.39 is 60.8 Å². The summed E-state index contributed by atoms with van der Waals surface area (Å²) in [6, 6.07) is 15.4. The highest BCUT2D eigenvalue weighted by atomic mass is 16.7. The Morgan fingerprint density at radius 1 is 0.850 bits per heavy atom. The number of carbonyl (C=O) groups is 5. The van der Waals surface area contributed by atoms with Gasteiger partial charge in [-0.1, -0.05) is 36.4 Å². The number of carbonyl (C=O) groups excluding carboxylic acids is 4. The van der Waals surface area contributed by atoms with Crippen molar-refractivity contribution < 1.29 is 52.8 Å². The van der Waals surface area contributed by atoms with Crippen molar-refractivity contribution in [1.29, 1.82) is 0 Å². The van der Waals surface area contributed by atoms with E-state index in [2.05, 4.69) is 0 Å². The van der Waals surface area contributed by atoms with E-state index >= 15 is 0 Å². The molecule has 0 unspecified atom stereocenters. The van der Waals surface area contributed by atoms with Crippen LogP contribution in [0, 0.1) is 5.92 Å². The van der Waals surface area contributed by atoms with Crippen molar-refractivity contribution in [2.24, 2.45) is 5.92 Å². The molecule has 1 aliphatic rings. The van der Waals surface area contributed by atoms with Gasteiger partial charge in [0, 0.05) is 26.3 Å². The number of hydrogen-bond acceptors (Lipinski definition) is 10. The Balaban J connectivity index is 1.86. The maximum absolute atomic E-state index is 12.6. The van der Waals surface area contributed by atoms with E-state index in [9.17, 15) is 29.1 Å². The third-order valence-electron chi connectivity index (χ3n) is 5.87. The molecule has 212 valence electrons. The summed E-state index contributed by atoms with van der Waals surface area (Å²) >= 11 is 0. The Kier molecular flexibility index (Phi) is 10.5. The Bertz CT molecular complexity index is 1240. The molecule has 2 aromatic rings. The van der Waals surface area contributed by atoms with Crippen molar-refractivity contribution in [3.05, 3.63) is 71.8 Å². The third kappa shape index (κ3) is 8.77. The van der Waals surface area contributed by atoms with Gasteiger partial charge in [0.05, 0.1) is 12.3 Å². The second-order valence-electron chi connectivity index (χ2n) is 9.01. The minimum Gasteiger partial charge on any atom is -0.481 e. The molecule has 1 fully saturated rings. The maximum Gasteiger partial charge on any atom is 0.303 e. The number of rotatable bonds is 11. The fourth-order valence-electron chi connectivity index (χ4n) is 4.21. The van der Waals surface area contributed by atoms with Crippen LogP contribution in [0.3, 0.4) is 0 Å². The van der Waals surface area contributed by atoms with Crippen molar-refractivity contribution in [2.45, 2.75) is 51.8 Å². The molecule has 0 radical (unpaired) electrons. The summed E-state index contributed by atoms with van der Waals surface area (Å²) in [7, 11) is 0. The summed E-state index contributed by atoms with van der Waals surface area (Å²) in [5, 5.41) is 9.56. The second kappa shape index (κ2) is 14.0. The molecule has 0 aliphatic carbocycles. The molecular formula is C29H30O11. The maximum atomic E-state index is 12.6. The molecule has 3 rings (SSSR count). The van der Waals surface area contributed by atoms with Gasteiger partial charge in [0.15, 0.2) is 11.9 Å². The number of hydrogen-bond donors (Lipinski definition) is 1. The fourth-order valence-corrected chi connectivity index (χ4v) is 4.21. The zero-order valence-corrected chi connectivity index (χ0v) is 22.2. The van der Waals surface area contributed by atoms with Crippen LogP contribution in [-0.4, -0.2) is 66.0 Å². The molecule has 2 aromatic carbocycles.